The number of hydrogen-bond donors (Lipinski definition) is 3. The van der Waals surface area contributed by atoms with Crippen LogP contribution >= 0.6 is 11.8 Å². The number of ether oxygens (including phenoxy) is 2. The van der Waals surface area contributed by atoms with Gasteiger partial charge in [0.15, 0.2) is 0 Å². The summed E-state index contributed by atoms with van der Waals surface area (Å²) in [7, 11) is 0. The summed E-state index contributed by atoms with van der Waals surface area (Å²) in [5.74, 6) is 1.85. The Morgan fingerprint density at radius 3 is 2.33 bits per heavy atom. The predicted molar refractivity (Wildman–Crippen MR) is 69.4 cm³/mol. The Kier molecular flexibility index (Phi) is 7.59. The van der Waals surface area contributed by atoms with Gasteiger partial charge in [0.25, 0.3) is 0 Å². The SMILES string of the molecule is OCCOc1ccc(OCCO)c(SCCO)c1. The van der Waals surface area contributed by atoms with E-state index in [2.05, 4.69) is 0 Å². The van der Waals surface area contributed by atoms with Crippen molar-refractivity contribution in [1.29, 1.82) is 0 Å². The molecule has 3 N–H and O–H groups in total. The van der Waals surface area contributed by atoms with Crippen molar-refractivity contribution in [2.24, 2.45) is 0 Å². The molecule has 1 aromatic carbocycles. The van der Waals surface area contributed by atoms with Crippen molar-refractivity contribution in [3.63, 3.8) is 0 Å². The van der Waals surface area contributed by atoms with Gasteiger partial charge in [-0.2, -0.15) is 0 Å². The lowest BCUT2D eigenvalue weighted by molar-refractivity contribution is 0.195. The van der Waals surface area contributed by atoms with Crippen molar-refractivity contribution in [2.45, 2.75) is 4.90 Å². The Bertz CT molecular complexity index is 345. The van der Waals surface area contributed by atoms with E-state index in [0.717, 1.165) is 4.90 Å². The standard InChI is InChI=1S/C12H18O5S/c13-3-6-16-10-1-2-11(17-7-4-14)12(9-10)18-8-5-15/h1-2,9,13-15H,3-8H2. The van der Waals surface area contributed by atoms with E-state index in [1.165, 1.54) is 11.8 Å². The zero-order valence-corrected chi connectivity index (χ0v) is 10.9. The smallest absolute Gasteiger partial charge is 0.133 e. The molecule has 0 heterocycles. The van der Waals surface area contributed by atoms with Gasteiger partial charge >= 0.3 is 0 Å². The van der Waals surface area contributed by atoms with Crippen LogP contribution in [0.25, 0.3) is 0 Å². The van der Waals surface area contributed by atoms with E-state index in [1.54, 1.807) is 18.2 Å². The molecule has 6 heteroatoms. The third-order valence-electron chi connectivity index (χ3n) is 1.97. The number of thioether (sulfide) groups is 1. The van der Waals surface area contributed by atoms with Crippen LogP contribution in [0, 0.1) is 0 Å². The molecule has 0 atom stereocenters. The largest absolute Gasteiger partial charge is 0.491 e. The highest BCUT2D eigenvalue weighted by Crippen LogP contribution is 2.32. The molecule has 0 aliphatic heterocycles. The highest BCUT2D eigenvalue weighted by Gasteiger charge is 2.07. The van der Waals surface area contributed by atoms with E-state index in [-0.39, 0.29) is 33.0 Å². The fraction of sp³-hybridized carbons (Fsp3) is 0.500. The quantitative estimate of drug-likeness (QED) is 0.570. The van der Waals surface area contributed by atoms with Gasteiger partial charge in [-0.25, -0.2) is 0 Å². The van der Waals surface area contributed by atoms with Gasteiger partial charge in [0, 0.05) is 5.75 Å². The fourth-order valence-electron chi connectivity index (χ4n) is 1.28. The van der Waals surface area contributed by atoms with E-state index in [0.29, 0.717) is 17.3 Å². The summed E-state index contributed by atoms with van der Waals surface area (Å²) in [6.45, 7) is 0.449. The molecule has 0 amide bonds. The number of rotatable bonds is 9. The molecule has 102 valence electrons. The van der Waals surface area contributed by atoms with Crippen LogP contribution < -0.4 is 9.47 Å². The van der Waals surface area contributed by atoms with Crippen molar-refractivity contribution in [1.82, 2.24) is 0 Å². The zero-order chi connectivity index (χ0) is 13.2. The Morgan fingerprint density at radius 2 is 1.67 bits per heavy atom. The molecule has 0 aromatic heterocycles. The van der Waals surface area contributed by atoms with E-state index in [9.17, 15) is 0 Å². The molecule has 0 saturated heterocycles. The number of aliphatic hydroxyl groups is 3. The highest BCUT2D eigenvalue weighted by atomic mass is 32.2. The minimum Gasteiger partial charge on any atom is -0.491 e. The van der Waals surface area contributed by atoms with Crippen molar-refractivity contribution in [2.75, 3.05) is 38.8 Å². The van der Waals surface area contributed by atoms with Gasteiger partial charge in [-0.3, -0.25) is 0 Å². The summed E-state index contributed by atoms with van der Waals surface area (Å²) in [6, 6.07) is 5.29. The van der Waals surface area contributed by atoms with Crippen LogP contribution in [0.2, 0.25) is 0 Å². The van der Waals surface area contributed by atoms with Crippen LogP contribution in [0.4, 0.5) is 0 Å². The van der Waals surface area contributed by atoms with Crippen LogP contribution in [-0.2, 0) is 0 Å². The summed E-state index contributed by atoms with van der Waals surface area (Å²) < 4.78 is 10.7. The summed E-state index contributed by atoms with van der Waals surface area (Å²) >= 11 is 1.45. The maximum absolute atomic E-state index is 8.84. The van der Waals surface area contributed by atoms with Crippen LogP contribution in [0.5, 0.6) is 11.5 Å². The van der Waals surface area contributed by atoms with Crippen LogP contribution in [-0.4, -0.2) is 54.1 Å². The first-order chi connectivity index (χ1) is 8.81. The molecule has 0 radical (unpaired) electrons. The summed E-state index contributed by atoms with van der Waals surface area (Å²) in [4.78, 5) is 0.841. The molecular weight excluding hydrogens is 256 g/mol. The van der Waals surface area contributed by atoms with Gasteiger partial charge in [-0.1, -0.05) is 0 Å². The monoisotopic (exact) mass is 274 g/mol. The fourth-order valence-corrected chi connectivity index (χ4v) is 2.06. The molecule has 1 rings (SSSR count). The zero-order valence-electron chi connectivity index (χ0n) is 10.0. The lowest BCUT2D eigenvalue weighted by atomic mass is 10.3. The van der Waals surface area contributed by atoms with Crippen LogP contribution in [0.15, 0.2) is 23.1 Å². The summed E-state index contributed by atoms with van der Waals surface area (Å²) in [5.41, 5.74) is 0. The third kappa shape index (κ3) is 5.14. The first kappa shape index (κ1) is 15.1. The molecule has 0 aliphatic rings. The molecule has 0 bridgehead atoms. The molecule has 0 fully saturated rings. The van der Waals surface area contributed by atoms with Crippen molar-refractivity contribution >= 4 is 11.8 Å². The maximum Gasteiger partial charge on any atom is 0.133 e. The molecule has 0 saturated carbocycles. The van der Waals surface area contributed by atoms with E-state index in [4.69, 9.17) is 24.8 Å². The summed E-state index contributed by atoms with van der Waals surface area (Å²) in [5, 5.41) is 26.3. The maximum atomic E-state index is 8.84. The predicted octanol–water partition coefficient (Wildman–Crippen LogP) is 0.513. The normalized spacial score (nSPS) is 10.4. The van der Waals surface area contributed by atoms with Gasteiger partial charge in [-0.05, 0) is 18.2 Å². The Labute approximate surface area is 110 Å². The topological polar surface area (TPSA) is 79.2 Å². The van der Waals surface area contributed by atoms with Crippen LogP contribution in [0.3, 0.4) is 0 Å². The van der Waals surface area contributed by atoms with E-state index >= 15 is 0 Å². The number of hydrogen-bond acceptors (Lipinski definition) is 6. The Morgan fingerprint density at radius 1 is 0.944 bits per heavy atom. The minimum atomic E-state index is -0.0487. The first-order valence-electron chi connectivity index (χ1n) is 5.67. The average molecular weight is 274 g/mol. The molecule has 0 aliphatic carbocycles. The van der Waals surface area contributed by atoms with Gasteiger partial charge in [-0.15, -0.1) is 11.8 Å². The van der Waals surface area contributed by atoms with Gasteiger partial charge in [0.05, 0.1) is 24.7 Å². The lowest BCUT2D eigenvalue weighted by Crippen LogP contribution is -2.04. The molecular formula is C12H18O5S. The highest BCUT2D eigenvalue weighted by molar-refractivity contribution is 7.99. The lowest BCUT2D eigenvalue weighted by Gasteiger charge is -2.12. The molecule has 0 unspecified atom stereocenters. The Hall–Kier alpha value is -0.950. The molecule has 5 nitrogen and oxygen atoms in total. The summed E-state index contributed by atoms with van der Waals surface area (Å²) in [6.07, 6.45) is 0. The van der Waals surface area contributed by atoms with Gasteiger partial charge in [0.1, 0.15) is 24.7 Å². The molecule has 1 aromatic rings. The van der Waals surface area contributed by atoms with Crippen molar-refractivity contribution < 1.29 is 24.8 Å². The minimum absolute atomic E-state index is 0.0398. The third-order valence-corrected chi connectivity index (χ3v) is 2.99. The number of aliphatic hydroxyl groups excluding tert-OH is 3. The van der Waals surface area contributed by atoms with Crippen LogP contribution in [0.1, 0.15) is 0 Å². The second-order valence-corrected chi connectivity index (χ2v) is 4.46. The second-order valence-electron chi connectivity index (χ2n) is 3.32. The average Bonchev–Trinajstić information content (AvgIpc) is 2.41. The second kappa shape index (κ2) is 9.04. The number of benzene rings is 1. The molecule has 18 heavy (non-hydrogen) atoms. The van der Waals surface area contributed by atoms with Gasteiger partial charge < -0.3 is 24.8 Å². The van der Waals surface area contributed by atoms with Crippen molar-refractivity contribution in [3.05, 3.63) is 18.2 Å². The Balaban J connectivity index is 2.74. The van der Waals surface area contributed by atoms with E-state index < -0.39 is 0 Å². The molecule has 0 spiro atoms. The van der Waals surface area contributed by atoms with Crippen molar-refractivity contribution in [3.8, 4) is 11.5 Å². The first-order valence-corrected chi connectivity index (χ1v) is 6.65. The van der Waals surface area contributed by atoms with Gasteiger partial charge in [0.2, 0.25) is 0 Å². The van der Waals surface area contributed by atoms with E-state index in [1.807, 2.05) is 0 Å².